The molecule has 0 radical (unpaired) electrons. The fourth-order valence-electron chi connectivity index (χ4n) is 4.68. The molecule has 0 atom stereocenters. The highest BCUT2D eigenvalue weighted by Crippen LogP contribution is 2.55. The lowest BCUT2D eigenvalue weighted by Crippen LogP contribution is -2.47. The Labute approximate surface area is 243 Å². The molecule has 1 aromatic rings. The molecule has 0 aromatic heterocycles. The van der Waals surface area contributed by atoms with E-state index in [1.54, 1.807) is 0 Å². The Kier molecular flexibility index (Phi) is 8.24. The van der Waals surface area contributed by atoms with Gasteiger partial charge in [-0.1, -0.05) is 0 Å². The van der Waals surface area contributed by atoms with Gasteiger partial charge < -0.3 is 54.9 Å². The van der Waals surface area contributed by atoms with Gasteiger partial charge in [0, 0.05) is 0 Å². The van der Waals surface area contributed by atoms with Crippen LogP contribution in [0.3, 0.4) is 0 Å². The van der Waals surface area contributed by atoms with Crippen LogP contribution in [0.1, 0.15) is 31.1 Å². The maximum Gasteiger partial charge on any atom is 0.338 e. The summed E-state index contributed by atoms with van der Waals surface area (Å²) in [6, 6.07) is 3.93. The van der Waals surface area contributed by atoms with Gasteiger partial charge in [-0.3, -0.25) is 0 Å². The van der Waals surface area contributed by atoms with E-state index in [1.807, 2.05) is 0 Å². The Bertz CT molecular complexity index is 1020. The smallest absolute Gasteiger partial charge is 0.338 e. The highest BCUT2D eigenvalue weighted by Gasteiger charge is 2.48. The first-order valence-corrected chi connectivity index (χ1v) is 16.3. The van der Waals surface area contributed by atoms with Crippen LogP contribution in [0.4, 0.5) is 0 Å². The zero-order valence-electron chi connectivity index (χ0n) is 22.2. The summed E-state index contributed by atoms with van der Waals surface area (Å²) >= 11 is 0. The van der Waals surface area contributed by atoms with E-state index in [4.69, 9.17) is 54.9 Å². The largest absolute Gasteiger partial charge is 0.461 e. The normalized spacial score (nSPS) is 36.4. The molecule has 15 nitrogen and oxygen atoms in total. The summed E-state index contributed by atoms with van der Waals surface area (Å²) in [5.41, 5.74) is -2.01. The summed E-state index contributed by atoms with van der Waals surface area (Å²) in [6.45, 7) is 2.85. The van der Waals surface area contributed by atoms with Crippen LogP contribution >= 0.6 is 25.8 Å². The van der Waals surface area contributed by atoms with Crippen molar-refractivity contribution < 1.29 is 69.3 Å². The fourth-order valence-corrected chi connectivity index (χ4v) is 8.76. The standard InChI is InChI=1S/C24H27O15P3/c25-19(28-4-22-7-31-40(32-8-22)33-9-22)16-1-17(20(26)29-5-23-10-34-41(35-11-23)36-12-23)3-18(2-16)21(27)30-6-24-13-37-42(38-14-24)39-15-24/h1-3H,4-15H2. The topological polar surface area (TPSA) is 162 Å². The number of rotatable bonds is 9. The average molecular weight is 648 g/mol. The zero-order chi connectivity index (χ0) is 28.8. The molecule has 10 rings (SSSR count). The monoisotopic (exact) mass is 648 g/mol. The highest BCUT2D eigenvalue weighted by molar-refractivity contribution is 7.42. The number of fused-ring (bicyclic) bond motifs is 9. The lowest BCUT2D eigenvalue weighted by Gasteiger charge is -2.43. The van der Waals surface area contributed by atoms with E-state index >= 15 is 0 Å². The number of benzene rings is 1. The van der Waals surface area contributed by atoms with Gasteiger partial charge in [-0.15, -0.1) is 0 Å². The van der Waals surface area contributed by atoms with Crippen LogP contribution in [0.5, 0.6) is 0 Å². The summed E-state index contributed by atoms with van der Waals surface area (Å²) in [5.74, 6) is -2.26. The molecule has 9 saturated heterocycles. The van der Waals surface area contributed by atoms with Gasteiger partial charge in [0.25, 0.3) is 0 Å². The van der Waals surface area contributed by atoms with Gasteiger partial charge in [-0.05, 0) is 18.2 Å². The molecule has 0 aliphatic carbocycles. The molecule has 0 saturated carbocycles. The van der Waals surface area contributed by atoms with Crippen molar-refractivity contribution in [3.63, 3.8) is 0 Å². The van der Waals surface area contributed by atoms with Crippen molar-refractivity contribution in [2.45, 2.75) is 0 Å². The van der Waals surface area contributed by atoms with Crippen LogP contribution in [-0.4, -0.2) is 97.2 Å². The van der Waals surface area contributed by atoms with Crippen LogP contribution in [0.2, 0.25) is 0 Å². The summed E-state index contributed by atoms with van der Waals surface area (Å²) in [6.07, 6.45) is 0. The van der Waals surface area contributed by atoms with E-state index in [0.717, 1.165) is 0 Å². The Morgan fingerprint density at radius 2 is 0.690 bits per heavy atom. The third-order valence-corrected chi connectivity index (χ3v) is 10.5. The molecule has 1 aromatic carbocycles. The van der Waals surface area contributed by atoms with Crippen LogP contribution in [0.25, 0.3) is 0 Å². The molecule has 9 aliphatic rings. The van der Waals surface area contributed by atoms with Gasteiger partial charge in [0.15, 0.2) is 0 Å². The van der Waals surface area contributed by atoms with E-state index in [-0.39, 0.29) is 36.5 Å². The van der Waals surface area contributed by atoms with Gasteiger partial charge in [0.2, 0.25) is 0 Å². The Hall–Kier alpha value is -1.44. The highest BCUT2D eigenvalue weighted by atomic mass is 31.2. The predicted octanol–water partition coefficient (Wildman–Crippen LogP) is 3.03. The van der Waals surface area contributed by atoms with Gasteiger partial charge in [-0.2, -0.15) is 0 Å². The number of hydrogen-bond donors (Lipinski definition) is 0. The van der Waals surface area contributed by atoms with Crippen molar-refractivity contribution in [2.24, 2.45) is 16.2 Å². The number of carbonyl (C=O) groups excluding carboxylic acids is 3. The van der Waals surface area contributed by atoms with Gasteiger partial charge in [-0.25, -0.2) is 14.4 Å². The summed E-state index contributed by atoms with van der Waals surface area (Å²) < 4.78 is 65.9. The van der Waals surface area contributed by atoms with Crippen molar-refractivity contribution in [3.8, 4) is 0 Å². The minimum atomic E-state index is -1.34. The molecular weight excluding hydrogens is 621 g/mol. The Morgan fingerprint density at radius 1 is 0.476 bits per heavy atom. The lowest BCUT2D eigenvalue weighted by atomic mass is 9.92. The molecule has 228 valence electrons. The molecule has 0 unspecified atom stereocenters. The first-order valence-electron chi connectivity index (χ1n) is 13.1. The van der Waals surface area contributed by atoms with Gasteiger partial charge in [0.1, 0.15) is 19.8 Å². The first-order chi connectivity index (χ1) is 20.3. The summed E-state index contributed by atoms with van der Waals surface area (Å²) in [4.78, 5) is 39.5. The first kappa shape index (κ1) is 29.3. The minimum Gasteiger partial charge on any atom is -0.461 e. The summed E-state index contributed by atoms with van der Waals surface area (Å²) in [5, 5.41) is 0. The van der Waals surface area contributed by atoms with Crippen molar-refractivity contribution in [1.82, 2.24) is 0 Å². The second-order valence-corrected chi connectivity index (χ2v) is 14.8. The number of hydrogen-bond acceptors (Lipinski definition) is 15. The Balaban J connectivity index is 1.06. The van der Waals surface area contributed by atoms with Crippen molar-refractivity contribution >= 4 is 43.7 Å². The third kappa shape index (κ3) is 6.08. The lowest BCUT2D eigenvalue weighted by molar-refractivity contribution is -0.100. The molecule has 0 spiro atoms. The van der Waals surface area contributed by atoms with Crippen LogP contribution in [0.15, 0.2) is 18.2 Å². The van der Waals surface area contributed by atoms with Gasteiger partial charge in [0.05, 0.1) is 92.4 Å². The number of esters is 3. The average Bonchev–Trinajstić information content (AvgIpc) is 3.07. The van der Waals surface area contributed by atoms with Crippen molar-refractivity contribution in [3.05, 3.63) is 34.9 Å². The quantitative estimate of drug-likeness (QED) is 0.218. The van der Waals surface area contributed by atoms with E-state index < -0.39 is 60.0 Å². The fraction of sp³-hybridized carbons (Fsp3) is 0.625. The number of ether oxygens (including phenoxy) is 3. The second-order valence-electron chi connectivity index (χ2n) is 11.2. The summed E-state index contributed by atoms with van der Waals surface area (Å²) in [7, 11) is -4.02. The van der Waals surface area contributed by atoms with Crippen LogP contribution < -0.4 is 0 Å². The minimum absolute atomic E-state index is 0.0345. The van der Waals surface area contributed by atoms with E-state index in [1.165, 1.54) is 18.2 Å². The van der Waals surface area contributed by atoms with E-state index in [2.05, 4.69) is 0 Å². The SMILES string of the molecule is O=C(OCC12COP(OC1)OC2)c1cc(C(=O)OCC23COP(OC2)OC3)cc(C(=O)OCC23COP(OC2)OC3)c1. The Morgan fingerprint density at radius 3 is 0.905 bits per heavy atom. The maximum atomic E-state index is 13.2. The van der Waals surface area contributed by atoms with Crippen LogP contribution in [-0.2, 0) is 54.9 Å². The molecule has 0 amide bonds. The molecule has 6 bridgehead atoms. The molecule has 42 heavy (non-hydrogen) atoms. The van der Waals surface area contributed by atoms with Gasteiger partial charge >= 0.3 is 43.7 Å². The predicted molar refractivity (Wildman–Crippen MR) is 139 cm³/mol. The molecule has 18 heteroatoms. The van der Waals surface area contributed by atoms with Crippen LogP contribution in [0, 0.1) is 16.2 Å². The zero-order valence-corrected chi connectivity index (χ0v) is 24.9. The van der Waals surface area contributed by atoms with Crippen molar-refractivity contribution in [1.29, 1.82) is 0 Å². The molecule has 9 heterocycles. The third-order valence-electron chi connectivity index (χ3n) is 7.45. The second kappa shape index (κ2) is 11.8. The molecule has 9 fully saturated rings. The van der Waals surface area contributed by atoms with Crippen molar-refractivity contribution in [2.75, 3.05) is 79.3 Å². The van der Waals surface area contributed by atoms with E-state index in [0.29, 0.717) is 59.5 Å². The molecule has 0 N–H and O–H groups in total. The van der Waals surface area contributed by atoms with E-state index in [9.17, 15) is 14.4 Å². The molecular formula is C24H27O15P3. The maximum absolute atomic E-state index is 13.2. The molecule has 9 aliphatic heterocycles. The number of carbonyl (C=O) groups is 3.